The predicted molar refractivity (Wildman–Crippen MR) is 138 cm³/mol. The summed E-state index contributed by atoms with van der Waals surface area (Å²) in [5, 5.41) is 6.99. The van der Waals surface area contributed by atoms with Crippen molar-refractivity contribution in [3.05, 3.63) is 72.6 Å². The summed E-state index contributed by atoms with van der Waals surface area (Å²) < 4.78 is 0. The van der Waals surface area contributed by atoms with E-state index in [1.165, 1.54) is 24.0 Å². The second kappa shape index (κ2) is 10.4. The highest BCUT2D eigenvalue weighted by molar-refractivity contribution is 5.71. The Balaban J connectivity index is 0.00000117. The number of hydrogen-bond acceptors (Lipinski definition) is 4. The first-order valence-electron chi connectivity index (χ1n) is 12.6. The molecule has 2 unspecified atom stereocenters. The number of imidazole rings is 2. The molecule has 2 aliphatic heterocycles. The van der Waals surface area contributed by atoms with Crippen molar-refractivity contribution in [3.63, 3.8) is 0 Å². The molecular weight excluding hydrogens is 420 g/mol. The average molecular weight is 455 g/mol. The van der Waals surface area contributed by atoms with Gasteiger partial charge in [0.25, 0.3) is 0 Å². The highest BCUT2D eigenvalue weighted by atomic mass is 15.0. The van der Waals surface area contributed by atoms with Gasteiger partial charge in [-0.15, -0.1) is 0 Å². The van der Waals surface area contributed by atoms with Crippen LogP contribution in [0.5, 0.6) is 0 Å². The number of hydrogen-bond donors (Lipinski definition) is 4. The molecule has 2 atom stereocenters. The Morgan fingerprint density at radius 1 is 0.588 bits per heavy atom. The van der Waals surface area contributed by atoms with Crippen molar-refractivity contribution in [2.75, 3.05) is 13.1 Å². The van der Waals surface area contributed by atoms with Crippen molar-refractivity contribution in [2.24, 2.45) is 0 Å². The molecule has 4 heterocycles. The maximum Gasteiger partial charge on any atom is 0.123 e. The first-order chi connectivity index (χ1) is 16.8. The summed E-state index contributed by atoms with van der Waals surface area (Å²) >= 11 is 0. The van der Waals surface area contributed by atoms with Crippen molar-refractivity contribution in [1.29, 1.82) is 0 Å². The van der Waals surface area contributed by atoms with Crippen LogP contribution in [0.15, 0.2) is 60.9 Å². The monoisotopic (exact) mass is 454 g/mol. The fraction of sp³-hybridized carbons (Fsp3) is 0.357. The average Bonchev–Trinajstić information content (AvgIpc) is 3.72. The van der Waals surface area contributed by atoms with Crippen LogP contribution >= 0.6 is 0 Å². The Morgan fingerprint density at radius 2 is 0.971 bits per heavy atom. The minimum Gasteiger partial charge on any atom is -0.341 e. The number of aromatic amines is 2. The van der Waals surface area contributed by atoms with Gasteiger partial charge in [-0.05, 0) is 61.0 Å². The van der Waals surface area contributed by atoms with Gasteiger partial charge in [-0.25, -0.2) is 9.97 Å². The highest BCUT2D eigenvalue weighted by Gasteiger charge is 2.20. The Hall–Kier alpha value is -3.22. The van der Waals surface area contributed by atoms with Crippen molar-refractivity contribution in [1.82, 2.24) is 30.6 Å². The third-order valence-corrected chi connectivity index (χ3v) is 6.70. The molecule has 4 N–H and O–H groups in total. The molecule has 2 aromatic carbocycles. The second-order valence-electron chi connectivity index (χ2n) is 8.82. The lowest BCUT2D eigenvalue weighted by atomic mass is 10.0. The van der Waals surface area contributed by atoms with Crippen LogP contribution in [0.3, 0.4) is 0 Å². The van der Waals surface area contributed by atoms with E-state index in [1.54, 1.807) is 0 Å². The molecule has 34 heavy (non-hydrogen) atoms. The lowest BCUT2D eigenvalue weighted by molar-refractivity contribution is 0.613. The van der Waals surface area contributed by atoms with Crippen molar-refractivity contribution >= 4 is 0 Å². The van der Waals surface area contributed by atoms with Crippen LogP contribution in [0, 0.1) is 0 Å². The van der Waals surface area contributed by atoms with E-state index in [2.05, 4.69) is 79.1 Å². The number of nitrogens with one attached hydrogen (secondary N) is 4. The van der Waals surface area contributed by atoms with E-state index in [0.717, 1.165) is 60.1 Å². The van der Waals surface area contributed by atoms with E-state index in [9.17, 15) is 0 Å². The van der Waals surface area contributed by atoms with Gasteiger partial charge in [0.15, 0.2) is 0 Å². The van der Waals surface area contributed by atoms with Gasteiger partial charge in [0.1, 0.15) is 11.6 Å². The van der Waals surface area contributed by atoms with E-state index >= 15 is 0 Å². The molecule has 0 amide bonds. The Labute approximate surface area is 201 Å². The predicted octanol–water partition coefficient (Wildman–Crippen LogP) is 6.01. The van der Waals surface area contributed by atoms with Gasteiger partial charge in [-0.2, -0.15) is 0 Å². The summed E-state index contributed by atoms with van der Waals surface area (Å²) in [6.07, 6.45) is 8.62. The molecule has 0 radical (unpaired) electrons. The summed E-state index contributed by atoms with van der Waals surface area (Å²) in [5.74, 6) is 2.09. The zero-order valence-electron chi connectivity index (χ0n) is 20.1. The second-order valence-corrected chi connectivity index (χ2v) is 8.82. The fourth-order valence-electron chi connectivity index (χ4n) is 4.84. The van der Waals surface area contributed by atoms with Gasteiger partial charge in [0, 0.05) is 0 Å². The summed E-state index contributed by atoms with van der Waals surface area (Å²) in [4.78, 5) is 16.2. The van der Waals surface area contributed by atoms with Crippen LogP contribution in [-0.4, -0.2) is 33.0 Å². The van der Waals surface area contributed by atoms with E-state index in [-0.39, 0.29) is 0 Å². The fourth-order valence-corrected chi connectivity index (χ4v) is 4.84. The maximum absolute atomic E-state index is 4.59. The molecule has 2 aromatic heterocycles. The molecule has 0 aliphatic carbocycles. The zero-order chi connectivity index (χ0) is 23.3. The Kier molecular flexibility index (Phi) is 6.88. The summed E-state index contributed by atoms with van der Waals surface area (Å²) in [6.45, 7) is 6.15. The highest BCUT2D eigenvalue weighted by Crippen LogP contribution is 2.29. The van der Waals surface area contributed by atoms with Gasteiger partial charge >= 0.3 is 0 Å². The summed E-state index contributed by atoms with van der Waals surface area (Å²) in [6, 6.07) is 18.1. The molecule has 6 nitrogen and oxygen atoms in total. The Morgan fingerprint density at radius 3 is 1.32 bits per heavy atom. The first kappa shape index (κ1) is 22.6. The van der Waals surface area contributed by atoms with Crippen LogP contribution in [0.1, 0.15) is 63.3 Å². The smallest absolute Gasteiger partial charge is 0.123 e. The van der Waals surface area contributed by atoms with Gasteiger partial charge in [-0.1, -0.05) is 62.4 Å². The molecule has 2 aliphatic rings. The minimum absolute atomic E-state index is 0.363. The van der Waals surface area contributed by atoms with Gasteiger partial charge < -0.3 is 20.6 Å². The van der Waals surface area contributed by atoms with E-state index in [1.807, 2.05) is 26.2 Å². The molecule has 4 aromatic rings. The number of aromatic nitrogens is 4. The molecular formula is C28H34N6. The largest absolute Gasteiger partial charge is 0.341 e. The molecule has 2 saturated heterocycles. The van der Waals surface area contributed by atoms with E-state index in [0.29, 0.717) is 12.1 Å². The van der Waals surface area contributed by atoms with E-state index < -0.39 is 0 Å². The van der Waals surface area contributed by atoms with Crippen molar-refractivity contribution < 1.29 is 0 Å². The van der Waals surface area contributed by atoms with Gasteiger partial charge in [-0.3, -0.25) is 0 Å². The van der Waals surface area contributed by atoms with Crippen LogP contribution < -0.4 is 10.6 Å². The lowest BCUT2D eigenvalue weighted by Gasteiger charge is -2.07. The maximum atomic E-state index is 4.59. The molecule has 6 heteroatoms. The quantitative estimate of drug-likeness (QED) is 0.298. The first-order valence-corrected chi connectivity index (χ1v) is 12.6. The van der Waals surface area contributed by atoms with Crippen LogP contribution in [-0.2, 0) is 0 Å². The minimum atomic E-state index is 0.363. The topological polar surface area (TPSA) is 81.4 Å². The Bertz CT molecular complexity index is 1080. The number of nitrogens with zero attached hydrogens (tertiary/aromatic N) is 2. The standard InChI is InChI=1S/C26H28N6.C2H6/c1-3-21(27-13-1)25-29-15-23(31-25)19-9-5-17(6-10-19)18-7-11-20(12-8-18)24-16-30-26(32-24)22-4-2-14-28-22;1-2/h5-12,15-16,21-22,27-28H,1-4,13-14H2,(H,29,31)(H,30,32);1-2H3. The van der Waals surface area contributed by atoms with Crippen LogP contribution in [0.4, 0.5) is 0 Å². The molecule has 0 bridgehead atoms. The number of rotatable bonds is 5. The SMILES string of the molecule is CC.c1cc(-c2cnc(C3CCCN3)[nH]2)ccc1-c1ccc(-c2cnc(C3CCCN3)[nH]2)cc1. The normalized spacial score (nSPS) is 19.7. The van der Waals surface area contributed by atoms with Crippen molar-refractivity contribution in [2.45, 2.75) is 51.6 Å². The van der Waals surface area contributed by atoms with Gasteiger partial charge in [0.2, 0.25) is 0 Å². The number of benzene rings is 2. The summed E-state index contributed by atoms with van der Waals surface area (Å²) in [7, 11) is 0. The third kappa shape index (κ3) is 4.69. The molecule has 6 rings (SSSR count). The van der Waals surface area contributed by atoms with Crippen LogP contribution in [0.25, 0.3) is 33.6 Å². The molecule has 0 saturated carbocycles. The lowest BCUT2D eigenvalue weighted by Crippen LogP contribution is -2.14. The molecule has 0 spiro atoms. The van der Waals surface area contributed by atoms with Crippen LogP contribution in [0.2, 0.25) is 0 Å². The summed E-state index contributed by atoms with van der Waals surface area (Å²) in [5.41, 5.74) is 6.88. The van der Waals surface area contributed by atoms with E-state index in [4.69, 9.17) is 0 Å². The third-order valence-electron chi connectivity index (χ3n) is 6.70. The molecule has 2 fully saturated rings. The van der Waals surface area contributed by atoms with Crippen molar-refractivity contribution in [3.8, 4) is 33.6 Å². The molecule has 176 valence electrons. The number of H-pyrrole nitrogens is 2. The zero-order valence-corrected chi connectivity index (χ0v) is 20.1. The van der Waals surface area contributed by atoms with Gasteiger partial charge in [0.05, 0.1) is 35.9 Å².